The average molecular weight is 241 g/mol. The van der Waals surface area contributed by atoms with Crippen molar-refractivity contribution in [3.63, 3.8) is 0 Å². The van der Waals surface area contributed by atoms with Gasteiger partial charge in [-0.2, -0.15) is 0 Å². The molecule has 1 saturated heterocycles. The number of fused-ring (bicyclic) bond motifs is 1. The molecule has 0 atom stereocenters. The maximum atomic E-state index is 5.69. The maximum Gasteiger partial charge on any atom is 0.0966 e. The lowest BCUT2D eigenvalue weighted by atomic mass is 9.86. The molecule has 2 aromatic carbocycles. The van der Waals surface area contributed by atoms with Gasteiger partial charge in [-0.3, -0.25) is 0 Å². The van der Waals surface area contributed by atoms with Crippen LogP contribution >= 0.6 is 0 Å². The molecule has 0 unspecified atom stereocenters. The molecular weight excluding hydrogens is 222 g/mol. The molecule has 2 nitrogen and oxygen atoms in total. The highest BCUT2D eigenvalue weighted by molar-refractivity contribution is 5.88. The van der Waals surface area contributed by atoms with Gasteiger partial charge in [-0.15, -0.1) is 0 Å². The van der Waals surface area contributed by atoms with E-state index in [1.165, 1.54) is 21.9 Å². The second kappa shape index (κ2) is 4.38. The SMILES string of the molecule is COC1(Cc2ccc(C)c3ccccc23)CNC1. The van der Waals surface area contributed by atoms with Crippen LogP contribution < -0.4 is 5.32 Å². The van der Waals surface area contributed by atoms with Crippen LogP contribution in [-0.2, 0) is 11.2 Å². The van der Waals surface area contributed by atoms with Gasteiger partial charge in [0.05, 0.1) is 5.60 Å². The first-order valence-electron chi connectivity index (χ1n) is 6.47. The van der Waals surface area contributed by atoms with Crippen LogP contribution in [-0.4, -0.2) is 25.8 Å². The molecule has 1 aliphatic heterocycles. The number of hydrogen-bond donors (Lipinski definition) is 1. The molecule has 1 aliphatic rings. The molecule has 2 aromatic rings. The number of methoxy groups -OCH3 is 1. The largest absolute Gasteiger partial charge is 0.375 e. The van der Waals surface area contributed by atoms with Crippen molar-refractivity contribution in [2.24, 2.45) is 0 Å². The molecule has 0 bridgehead atoms. The monoisotopic (exact) mass is 241 g/mol. The number of nitrogens with one attached hydrogen (secondary N) is 1. The molecule has 0 radical (unpaired) electrons. The van der Waals surface area contributed by atoms with E-state index in [4.69, 9.17) is 4.74 Å². The summed E-state index contributed by atoms with van der Waals surface area (Å²) in [4.78, 5) is 0. The van der Waals surface area contributed by atoms with Crippen LogP contribution in [0.25, 0.3) is 10.8 Å². The van der Waals surface area contributed by atoms with Gasteiger partial charge in [-0.05, 0) is 28.8 Å². The normalized spacial score (nSPS) is 17.7. The van der Waals surface area contributed by atoms with E-state index in [1.54, 1.807) is 0 Å². The fourth-order valence-corrected chi connectivity index (χ4v) is 2.76. The third kappa shape index (κ3) is 1.82. The molecule has 1 N–H and O–H groups in total. The van der Waals surface area contributed by atoms with E-state index in [-0.39, 0.29) is 5.60 Å². The highest BCUT2D eigenvalue weighted by Gasteiger charge is 2.37. The molecule has 1 heterocycles. The summed E-state index contributed by atoms with van der Waals surface area (Å²) in [6.07, 6.45) is 0.983. The lowest BCUT2D eigenvalue weighted by Crippen LogP contribution is -2.61. The molecule has 18 heavy (non-hydrogen) atoms. The Morgan fingerprint density at radius 1 is 1.11 bits per heavy atom. The van der Waals surface area contributed by atoms with Gasteiger partial charge in [0.15, 0.2) is 0 Å². The van der Waals surface area contributed by atoms with Crippen molar-refractivity contribution >= 4 is 10.8 Å². The van der Waals surface area contributed by atoms with Crippen LogP contribution in [0.15, 0.2) is 36.4 Å². The molecule has 0 aliphatic carbocycles. The van der Waals surface area contributed by atoms with E-state index in [0.29, 0.717) is 0 Å². The van der Waals surface area contributed by atoms with Gasteiger partial charge < -0.3 is 10.1 Å². The zero-order valence-corrected chi connectivity index (χ0v) is 11.0. The van der Waals surface area contributed by atoms with Crippen molar-refractivity contribution < 1.29 is 4.74 Å². The van der Waals surface area contributed by atoms with Crippen molar-refractivity contribution in [2.45, 2.75) is 18.9 Å². The third-order valence-electron chi connectivity index (χ3n) is 4.07. The Balaban J connectivity index is 2.04. The van der Waals surface area contributed by atoms with Gasteiger partial charge in [0.1, 0.15) is 0 Å². The van der Waals surface area contributed by atoms with E-state index >= 15 is 0 Å². The topological polar surface area (TPSA) is 21.3 Å². The number of hydrogen-bond acceptors (Lipinski definition) is 2. The van der Waals surface area contributed by atoms with Crippen LogP contribution in [0.3, 0.4) is 0 Å². The van der Waals surface area contributed by atoms with Gasteiger partial charge in [-0.1, -0.05) is 36.4 Å². The van der Waals surface area contributed by atoms with Crippen LogP contribution in [0.5, 0.6) is 0 Å². The fraction of sp³-hybridized carbons (Fsp3) is 0.375. The van der Waals surface area contributed by atoms with E-state index in [2.05, 4.69) is 48.6 Å². The number of ether oxygens (including phenoxy) is 1. The molecule has 0 spiro atoms. The summed E-state index contributed by atoms with van der Waals surface area (Å²) in [6.45, 7) is 4.07. The molecule has 2 heteroatoms. The van der Waals surface area contributed by atoms with Gasteiger partial charge in [-0.25, -0.2) is 0 Å². The molecule has 94 valence electrons. The zero-order valence-electron chi connectivity index (χ0n) is 11.0. The molecule has 0 aromatic heterocycles. The predicted molar refractivity (Wildman–Crippen MR) is 75.0 cm³/mol. The van der Waals surface area contributed by atoms with Gasteiger partial charge in [0, 0.05) is 26.6 Å². The van der Waals surface area contributed by atoms with Gasteiger partial charge >= 0.3 is 0 Å². The Hall–Kier alpha value is -1.38. The minimum atomic E-state index is -0.00195. The second-order valence-electron chi connectivity index (χ2n) is 5.25. The second-order valence-corrected chi connectivity index (χ2v) is 5.25. The van der Waals surface area contributed by atoms with E-state index < -0.39 is 0 Å². The third-order valence-corrected chi connectivity index (χ3v) is 4.07. The van der Waals surface area contributed by atoms with E-state index in [9.17, 15) is 0 Å². The van der Waals surface area contributed by atoms with Crippen molar-refractivity contribution in [3.05, 3.63) is 47.5 Å². The Labute approximate surface area is 108 Å². The number of rotatable bonds is 3. The predicted octanol–water partition coefficient (Wildman–Crippen LogP) is 2.68. The standard InChI is InChI=1S/C16H19NO/c1-12-7-8-13(9-16(18-2)10-17-11-16)15-6-4-3-5-14(12)15/h3-8,17H,9-11H2,1-2H3. The van der Waals surface area contributed by atoms with Crippen LogP contribution in [0, 0.1) is 6.92 Å². The fourth-order valence-electron chi connectivity index (χ4n) is 2.76. The summed E-state index contributed by atoms with van der Waals surface area (Å²) < 4.78 is 5.69. The highest BCUT2D eigenvalue weighted by atomic mass is 16.5. The summed E-state index contributed by atoms with van der Waals surface area (Å²) in [5, 5.41) is 6.02. The smallest absolute Gasteiger partial charge is 0.0966 e. The Kier molecular flexibility index (Phi) is 2.84. The summed E-state index contributed by atoms with van der Waals surface area (Å²) in [5.41, 5.74) is 2.73. The van der Waals surface area contributed by atoms with Crippen molar-refractivity contribution in [3.8, 4) is 0 Å². The highest BCUT2D eigenvalue weighted by Crippen LogP contribution is 2.28. The lowest BCUT2D eigenvalue weighted by Gasteiger charge is -2.41. The maximum absolute atomic E-state index is 5.69. The first-order chi connectivity index (χ1) is 8.74. The minimum absolute atomic E-state index is 0.00195. The number of benzene rings is 2. The Morgan fingerprint density at radius 3 is 2.44 bits per heavy atom. The quantitative estimate of drug-likeness (QED) is 0.892. The average Bonchev–Trinajstić information content (AvgIpc) is 2.37. The molecule has 3 rings (SSSR count). The Morgan fingerprint density at radius 2 is 1.83 bits per heavy atom. The lowest BCUT2D eigenvalue weighted by molar-refractivity contribution is -0.0500. The van der Waals surface area contributed by atoms with Gasteiger partial charge in [0.25, 0.3) is 0 Å². The molecule has 0 amide bonds. The van der Waals surface area contributed by atoms with Crippen LogP contribution in [0.2, 0.25) is 0 Å². The molecule has 0 saturated carbocycles. The van der Waals surface area contributed by atoms with Crippen molar-refractivity contribution in [1.29, 1.82) is 0 Å². The summed E-state index contributed by atoms with van der Waals surface area (Å²) >= 11 is 0. The van der Waals surface area contributed by atoms with Gasteiger partial charge in [0.2, 0.25) is 0 Å². The van der Waals surface area contributed by atoms with Crippen molar-refractivity contribution in [2.75, 3.05) is 20.2 Å². The molecule has 1 fully saturated rings. The van der Waals surface area contributed by atoms with E-state index in [1.807, 2.05) is 7.11 Å². The minimum Gasteiger partial charge on any atom is -0.375 e. The summed E-state index contributed by atoms with van der Waals surface area (Å²) in [5.74, 6) is 0. The van der Waals surface area contributed by atoms with Crippen molar-refractivity contribution in [1.82, 2.24) is 5.32 Å². The first kappa shape index (κ1) is 11.7. The summed E-state index contributed by atoms with van der Waals surface area (Å²) in [7, 11) is 1.82. The Bertz CT molecular complexity index is 567. The molecular formula is C16H19NO. The van der Waals surface area contributed by atoms with Crippen LogP contribution in [0.4, 0.5) is 0 Å². The summed E-state index contributed by atoms with van der Waals surface area (Å²) in [6, 6.07) is 13.1. The number of aryl methyl sites for hydroxylation is 1. The first-order valence-corrected chi connectivity index (χ1v) is 6.47. The van der Waals surface area contributed by atoms with Crippen LogP contribution in [0.1, 0.15) is 11.1 Å². The zero-order chi connectivity index (χ0) is 12.6. The van der Waals surface area contributed by atoms with E-state index in [0.717, 1.165) is 19.5 Å².